The van der Waals surface area contributed by atoms with Gasteiger partial charge in [-0.25, -0.2) is 0 Å². The van der Waals surface area contributed by atoms with Gasteiger partial charge >= 0.3 is 6.01 Å². The zero-order valence-electron chi connectivity index (χ0n) is 10.6. The van der Waals surface area contributed by atoms with Gasteiger partial charge in [0.25, 0.3) is 0 Å². The molecule has 2 aromatic rings. The second-order valence-electron chi connectivity index (χ2n) is 3.49. The molecule has 100 valence electrons. The van der Waals surface area contributed by atoms with Crippen LogP contribution in [0.4, 0.5) is 5.95 Å². The first kappa shape index (κ1) is 13.4. The predicted molar refractivity (Wildman–Crippen MR) is 72.1 cm³/mol. The predicted octanol–water partition coefficient (Wildman–Crippen LogP) is 2.76. The number of aromatic nitrogens is 3. The number of halogens is 1. The average Bonchev–Trinajstić information content (AvgIpc) is 2.39. The van der Waals surface area contributed by atoms with Crippen molar-refractivity contribution in [2.45, 2.75) is 6.92 Å². The Balaban J connectivity index is 2.27. The fourth-order valence-electron chi connectivity index (χ4n) is 1.42. The molecule has 19 heavy (non-hydrogen) atoms. The van der Waals surface area contributed by atoms with E-state index >= 15 is 0 Å². The van der Waals surface area contributed by atoms with Crippen molar-refractivity contribution in [3.63, 3.8) is 0 Å². The van der Waals surface area contributed by atoms with Crippen LogP contribution < -0.4 is 14.8 Å². The Labute approximate surface area is 115 Å². The molecule has 0 aliphatic rings. The van der Waals surface area contributed by atoms with E-state index in [2.05, 4.69) is 20.3 Å². The maximum absolute atomic E-state index is 5.81. The van der Waals surface area contributed by atoms with Crippen LogP contribution in [0.15, 0.2) is 24.3 Å². The molecule has 0 aliphatic carbocycles. The number of methoxy groups -OCH3 is 1. The second-order valence-corrected chi connectivity index (χ2v) is 3.83. The SMILES string of the molecule is CCNc1nc(Cl)nc(Oc2ccccc2OC)n1. The van der Waals surface area contributed by atoms with E-state index in [1.165, 1.54) is 0 Å². The lowest BCUT2D eigenvalue weighted by Crippen LogP contribution is -2.05. The van der Waals surface area contributed by atoms with Crippen molar-refractivity contribution >= 4 is 17.5 Å². The van der Waals surface area contributed by atoms with Crippen LogP contribution in [0.2, 0.25) is 5.28 Å². The van der Waals surface area contributed by atoms with E-state index in [-0.39, 0.29) is 11.3 Å². The summed E-state index contributed by atoms with van der Waals surface area (Å²) >= 11 is 5.81. The Bertz CT molecular complexity index is 565. The van der Waals surface area contributed by atoms with Crippen LogP contribution in [0, 0.1) is 0 Å². The summed E-state index contributed by atoms with van der Waals surface area (Å²) in [6.07, 6.45) is 0. The highest BCUT2D eigenvalue weighted by atomic mass is 35.5. The number of hydrogen-bond acceptors (Lipinski definition) is 6. The van der Waals surface area contributed by atoms with Gasteiger partial charge in [0.1, 0.15) is 0 Å². The van der Waals surface area contributed by atoms with E-state index < -0.39 is 0 Å². The minimum Gasteiger partial charge on any atom is -0.493 e. The number of hydrogen-bond donors (Lipinski definition) is 1. The quantitative estimate of drug-likeness (QED) is 0.908. The van der Waals surface area contributed by atoms with E-state index in [9.17, 15) is 0 Å². The molecule has 0 amide bonds. The molecule has 6 nitrogen and oxygen atoms in total. The topological polar surface area (TPSA) is 69.2 Å². The molecule has 0 saturated carbocycles. The van der Waals surface area contributed by atoms with Crippen molar-refractivity contribution in [3.05, 3.63) is 29.5 Å². The lowest BCUT2D eigenvalue weighted by molar-refractivity contribution is 0.367. The standard InChI is InChI=1S/C12H13ClN4O2/c1-3-14-11-15-10(13)16-12(17-11)19-9-7-5-4-6-8(9)18-2/h4-7H,3H2,1-2H3,(H,14,15,16,17). The summed E-state index contributed by atoms with van der Waals surface area (Å²) in [5.41, 5.74) is 0. The van der Waals surface area contributed by atoms with Gasteiger partial charge in [0.15, 0.2) is 11.5 Å². The molecule has 0 bridgehead atoms. The maximum atomic E-state index is 5.81. The summed E-state index contributed by atoms with van der Waals surface area (Å²) in [5.74, 6) is 1.46. The number of rotatable bonds is 5. The van der Waals surface area contributed by atoms with E-state index in [0.29, 0.717) is 24.0 Å². The molecular weight excluding hydrogens is 268 g/mol. The molecule has 0 unspecified atom stereocenters. The van der Waals surface area contributed by atoms with Crippen molar-refractivity contribution in [1.29, 1.82) is 0 Å². The first-order chi connectivity index (χ1) is 9.22. The van der Waals surface area contributed by atoms with Crippen LogP contribution in [-0.4, -0.2) is 28.6 Å². The Morgan fingerprint density at radius 2 is 1.89 bits per heavy atom. The van der Waals surface area contributed by atoms with Gasteiger partial charge in [-0.1, -0.05) is 12.1 Å². The van der Waals surface area contributed by atoms with E-state index in [4.69, 9.17) is 21.1 Å². The van der Waals surface area contributed by atoms with Crippen LogP contribution in [0.5, 0.6) is 17.5 Å². The number of ether oxygens (including phenoxy) is 2. The third-order valence-electron chi connectivity index (χ3n) is 2.19. The molecule has 1 heterocycles. The highest BCUT2D eigenvalue weighted by molar-refractivity contribution is 6.28. The molecule has 1 aromatic heterocycles. The summed E-state index contributed by atoms with van der Waals surface area (Å²) in [4.78, 5) is 11.9. The normalized spacial score (nSPS) is 10.1. The average molecular weight is 281 g/mol. The number of nitrogens with one attached hydrogen (secondary N) is 1. The fourth-order valence-corrected chi connectivity index (χ4v) is 1.57. The first-order valence-corrected chi connectivity index (χ1v) is 6.07. The van der Waals surface area contributed by atoms with Gasteiger partial charge in [-0.05, 0) is 30.7 Å². The van der Waals surface area contributed by atoms with Crippen LogP contribution in [0.3, 0.4) is 0 Å². The molecule has 0 saturated heterocycles. The lowest BCUT2D eigenvalue weighted by atomic mass is 10.3. The van der Waals surface area contributed by atoms with Crippen molar-refractivity contribution in [3.8, 4) is 17.5 Å². The molecule has 0 radical (unpaired) electrons. The van der Waals surface area contributed by atoms with Gasteiger partial charge in [-0.2, -0.15) is 15.0 Å². The van der Waals surface area contributed by atoms with Gasteiger partial charge in [0.05, 0.1) is 7.11 Å². The van der Waals surface area contributed by atoms with Gasteiger partial charge in [0.2, 0.25) is 11.2 Å². The van der Waals surface area contributed by atoms with E-state index in [1.807, 2.05) is 19.1 Å². The van der Waals surface area contributed by atoms with Crippen molar-refractivity contribution in [2.75, 3.05) is 19.0 Å². The Morgan fingerprint density at radius 1 is 1.16 bits per heavy atom. The Morgan fingerprint density at radius 3 is 2.58 bits per heavy atom. The summed E-state index contributed by atoms with van der Waals surface area (Å²) in [6, 6.07) is 7.31. The Kier molecular flexibility index (Phi) is 4.35. The lowest BCUT2D eigenvalue weighted by Gasteiger charge is -2.09. The van der Waals surface area contributed by atoms with Crippen molar-refractivity contribution in [2.24, 2.45) is 0 Å². The largest absolute Gasteiger partial charge is 0.493 e. The number of benzene rings is 1. The molecular formula is C12H13ClN4O2. The van der Waals surface area contributed by atoms with Gasteiger partial charge in [0, 0.05) is 6.54 Å². The van der Waals surface area contributed by atoms with E-state index in [0.717, 1.165) is 0 Å². The molecule has 2 rings (SSSR count). The van der Waals surface area contributed by atoms with Gasteiger partial charge in [-0.3, -0.25) is 0 Å². The molecule has 0 spiro atoms. The summed E-state index contributed by atoms with van der Waals surface area (Å²) in [5, 5.41) is 3.01. The first-order valence-electron chi connectivity index (χ1n) is 5.69. The molecule has 0 aliphatic heterocycles. The molecule has 1 N–H and O–H groups in total. The zero-order chi connectivity index (χ0) is 13.7. The highest BCUT2D eigenvalue weighted by Gasteiger charge is 2.09. The molecule has 0 atom stereocenters. The maximum Gasteiger partial charge on any atom is 0.328 e. The van der Waals surface area contributed by atoms with Crippen LogP contribution in [0.1, 0.15) is 6.92 Å². The minimum absolute atomic E-state index is 0.0656. The molecule has 7 heteroatoms. The Hall–Kier alpha value is -2.08. The van der Waals surface area contributed by atoms with Crippen molar-refractivity contribution in [1.82, 2.24) is 15.0 Å². The van der Waals surface area contributed by atoms with E-state index in [1.54, 1.807) is 19.2 Å². The van der Waals surface area contributed by atoms with Crippen LogP contribution in [-0.2, 0) is 0 Å². The monoisotopic (exact) mass is 280 g/mol. The summed E-state index contributed by atoms with van der Waals surface area (Å²) < 4.78 is 10.7. The van der Waals surface area contributed by atoms with Crippen molar-refractivity contribution < 1.29 is 9.47 Å². The fraction of sp³-hybridized carbons (Fsp3) is 0.250. The minimum atomic E-state index is 0.0656. The number of anilines is 1. The number of nitrogens with zero attached hydrogens (tertiary/aromatic N) is 3. The summed E-state index contributed by atoms with van der Waals surface area (Å²) in [7, 11) is 1.56. The van der Waals surface area contributed by atoms with Gasteiger partial charge in [-0.15, -0.1) is 0 Å². The van der Waals surface area contributed by atoms with Crippen LogP contribution in [0.25, 0.3) is 0 Å². The smallest absolute Gasteiger partial charge is 0.328 e. The second kappa shape index (κ2) is 6.19. The van der Waals surface area contributed by atoms with Gasteiger partial charge < -0.3 is 14.8 Å². The van der Waals surface area contributed by atoms with Crippen LogP contribution >= 0.6 is 11.6 Å². The molecule has 1 aromatic carbocycles. The molecule has 0 fully saturated rings. The third-order valence-corrected chi connectivity index (χ3v) is 2.36. The highest BCUT2D eigenvalue weighted by Crippen LogP contribution is 2.29. The number of para-hydroxylation sites is 2. The zero-order valence-corrected chi connectivity index (χ0v) is 11.3. The third kappa shape index (κ3) is 3.45. The summed E-state index contributed by atoms with van der Waals surface area (Å²) in [6.45, 7) is 2.60.